The summed E-state index contributed by atoms with van der Waals surface area (Å²) in [5.41, 5.74) is 8.12. The fourth-order valence-electron chi connectivity index (χ4n) is 4.33. The summed E-state index contributed by atoms with van der Waals surface area (Å²) in [5, 5.41) is 7.56. The first-order chi connectivity index (χ1) is 18.0. The molecule has 0 bridgehead atoms. The third-order valence-electron chi connectivity index (χ3n) is 6.31. The van der Waals surface area contributed by atoms with E-state index < -0.39 is 11.9 Å². The molecule has 1 fully saturated rings. The van der Waals surface area contributed by atoms with Gasteiger partial charge in [-0.2, -0.15) is 0 Å². The van der Waals surface area contributed by atoms with Gasteiger partial charge in [0.25, 0.3) is 11.5 Å². The standard InChI is InChI=1S/C28H23N7O2/c1-17(31-27(36)23-24(29)33-34-16-6-15-30-26(23)34)25-32-21-10-5-7-19(14-13-18-11-12-18)22(21)28(37)35(25)20-8-3-2-4-9-20/h2-10,15-18H,11-12H2,1H3,(H2,29,33)(H,31,36). The Labute approximate surface area is 212 Å². The van der Waals surface area contributed by atoms with Crippen LogP contribution < -0.4 is 16.6 Å². The number of amides is 1. The number of benzene rings is 2. The molecule has 1 atom stereocenters. The molecular formula is C28H23N7O2. The van der Waals surface area contributed by atoms with Crippen LogP contribution in [0.25, 0.3) is 22.2 Å². The van der Waals surface area contributed by atoms with Gasteiger partial charge < -0.3 is 11.1 Å². The van der Waals surface area contributed by atoms with E-state index in [1.54, 1.807) is 31.5 Å². The van der Waals surface area contributed by atoms with Crippen LogP contribution in [0.2, 0.25) is 0 Å². The number of hydrogen-bond acceptors (Lipinski definition) is 6. The molecule has 0 aliphatic heterocycles. The van der Waals surface area contributed by atoms with Gasteiger partial charge in [-0.25, -0.2) is 14.5 Å². The molecule has 0 radical (unpaired) electrons. The molecular weight excluding hydrogens is 466 g/mol. The summed E-state index contributed by atoms with van der Waals surface area (Å²) in [6.07, 6.45) is 5.43. The summed E-state index contributed by atoms with van der Waals surface area (Å²) >= 11 is 0. The van der Waals surface area contributed by atoms with Gasteiger partial charge in [-0.3, -0.25) is 14.2 Å². The number of fused-ring (bicyclic) bond motifs is 2. The Morgan fingerprint density at radius 1 is 1.14 bits per heavy atom. The smallest absolute Gasteiger partial charge is 0.267 e. The molecule has 3 heterocycles. The molecule has 0 spiro atoms. The molecule has 3 aromatic heterocycles. The molecule has 3 N–H and O–H groups in total. The lowest BCUT2D eigenvalue weighted by Gasteiger charge is -2.20. The van der Waals surface area contributed by atoms with Gasteiger partial charge in [0.2, 0.25) is 0 Å². The lowest BCUT2D eigenvalue weighted by Crippen LogP contribution is -2.33. The molecule has 182 valence electrons. The van der Waals surface area contributed by atoms with Crippen molar-refractivity contribution >= 4 is 28.3 Å². The number of aromatic nitrogens is 5. The van der Waals surface area contributed by atoms with Crippen molar-refractivity contribution in [2.45, 2.75) is 25.8 Å². The second-order valence-corrected chi connectivity index (χ2v) is 9.03. The van der Waals surface area contributed by atoms with Crippen LogP contribution in [-0.4, -0.2) is 30.1 Å². The first-order valence-electron chi connectivity index (χ1n) is 12.0. The SMILES string of the molecule is CC(NC(=O)c1c(N)nn2cccnc12)c1nc2cccc(C#CC3CC3)c2c(=O)n1-c1ccccc1. The van der Waals surface area contributed by atoms with E-state index in [9.17, 15) is 9.59 Å². The van der Waals surface area contributed by atoms with Crippen molar-refractivity contribution in [3.63, 3.8) is 0 Å². The van der Waals surface area contributed by atoms with Crippen LogP contribution in [0.4, 0.5) is 5.82 Å². The van der Waals surface area contributed by atoms with Crippen molar-refractivity contribution in [1.82, 2.24) is 29.5 Å². The zero-order valence-corrected chi connectivity index (χ0v) is 20.0. The maximum Gasteiger partial charge on any atom is 0.267 e. The van der Waals surface area contributed by atoms with Gasteiger partial charge >= 0.3 is 0 Å². The fourth-order valence-corrected chi connectivity index (χ4v) is 4.33. The summed E-state index contributed by atoms with van der Waals surface area (Å²) in [6, 6.07) is 15.8. The number of nitrogens with two attached hydrogens (primary N) is 1. The highest BCUT2D eigenvalue weighted by atomic mass is 16.2. The number of hydrogen-bond donors (Lipinski definition) is 2. The van der Waals surface area contributed by atoms with E-state index >= 15 is 0 Å². The number of carbonyl (C=O) groups is 1. The molecule has 2 aromatic carbocycles. The minimum absolute atomic E-state index is 0.0641. The minimum Gasteiger partial charge on any atom is -0.381 e. The van der Waals surface area contributed by atoms with Gasteiger partial charge in [-0.1, -0.05) is 36.1 Å². The highest BCUT2D eigenvalue weighted by molar-refractivity contribution is 6.04. The van der Waals surface area contributed by atoms with Crippen LogP contribution in [0.5, 0.6) is 0 Å². The van der Waals surface area contributed by atoms with E-state index in [0.717, 1.165) is 12.8 Å². The second-order valence-electron chi connectivity index (χ2n) is 9.03. The van der Waals surface area contributed by atoms with Gasteiger partial charge in [-0.05, 0) is 50.1 Å². The lowest BCUT2D eigenvalue weighted by molar-refractivity contribution is 0.0940. The van der Waals surface area contributed by atoms with E-state index in [4.69, 9.17) is 10.7 Å². The maximum atomic E-state index is 14.0. The molecule has 1 amide bonds. The first-order valence-corrected chi connectivity index (χ1v) is 12.0. The highest BCUT2D eigenvalue weighted by Gasteiger charge is 2.25. The quantitative estimate of drug-likeness (QED) is 0.374. The normalized spacial score (nSPS) is 13.8. The van der Waals surface area contributed by atoms with Crippen molar-refractivity contribution in [1.29, 1.82) is 0 Å². The van der Waals surface area contributed by atoms with E-state index in [-0.39, 0.29) is 16.9 Å². The number of carbonyl (C=O) groups excluding carboxylic acids is 1. The van der Waals surface area contributed by atoms with Crippen molar-refractivity contribution in [2.24, 2.45) is 5.92 Å². The summed E-state index contributed by atoms with van der Waals surface area (Å²) in [5.74, 6) is 6.81. The number of para-hydroxylation sites is 1. The Bertz CT molecular complexity index is 1790. The Hall–Kier alpha value is -4.97. The molecule has 1 aliphatic rings. The molecule has 9 heteroatoms. The van der Waals surface area contributed by atoms with E-state index in [1.807, 2.05) is 42.5 Å². The van der Waals surface area contributed by atoms with Crippen LogP contribution in [0.15, 0.2) is 71.8 Å². The van der Waals surface area contributed by atoms with Crippen LogP contribution in [0.3, 0.4) is 0 Å². The van der Waals surface area contributed by atoms with Gasteiger partial charge in [0, 0.05) is 23.9 Å². The molecule has 1 saturated carbocycles. The van der Waals surface area contributed by atoms with Crippen molar-refractivity contribution < 1.29 is 4.79 Å². The zero-order chi connectivity index (χ0) is 25.5. The summed E-state index contributed by atoms with van der Waals surface area (Å²) in [4.78, 5) is 36.4. The average Bonchev–Trinajstić information content (AvgIpc) is 3.67. The molecule has 5 aromatic rings. The van der Waals surface area contributed by atoms with Crippen LogP contribution in [0, 0.1) is 17.8 Å². The Morgan fingerprint density at radius 2 is 1.95 bits per heavy atom. The van der Waals surface area contributed by atoms with Gasteiger partial charge in [-0.15, -0.1) is 5.10 Å². The Balaban J connectivity index is 1.48. The van der Waals surface area contributed by atoms with E-state index in [0.29, 0.717) is 39.5 Å². The molecule has 1 unspecified atom stereocenters. The summed E-state index contributed by atoms with van der Waals surface area (Å²) < 4.78 is 2.99. The van der Waals surface area contributed by atoms with E-state index in [2.05, 4.69) is 27.2 Å². The minimum atomic E-state index is -0.649. The van der Waals surface area contributed by atoms with Gasteiger partial charge in [0.15, 0.2) is 11.5 Å². The topological polar surface area (TPSA) is 120 Å². The molecule has 1 aliphatic carbocycles. The van der Waals surface area contributed by atoms with E-state index in [1.165, 1.54) is 9.08 Å². The van der Waals surface area contributed by atoms with Crippen molar-refractivity contribution in [2.75, 3.05) is 5.73 Å². The maximum absolute atomic E-state index is 14.0. The zero-order valence-electron chi connectivity index (χ0n) is 20.0. The summed E-state index contributed by atoms with van der Waals surface area (Å²) in [6.45, 7) is 1.77. The van der Waals surface area contributed by atoms with Crippen LogP contribution in [0.1, 0.15) is 47.6 Å². The molecule has 9 nitrogen and oxygen atoms in total. The fraction of sp³-hybridized carbons (Fsp3) is 0.179. The van der Waals surface area contributed by atoms with Gasteiger partial charge in [0.1, 0.15) is 11.4 Å². The third-order valence-corrected chi connectivity index (χ3v) is 6.31. The molecule has 37 heavy (non-hydrogen) atoms. The monoisotopic (exact) mass is 489 g/mol. The largest absolute Gasteiger partial charge is 0.381 e. The van der Waals surface area contributed by atoms with Crippen LogP contribution in [-0.2, 0) is 0 Å². The number of nitrogens with zero attached hydrogens (tertiary/aromatic N) is 5. The van der Waals surface area contributed by atoms with Gasteiger partial charge in [0.05, 0.1) is 22.6 Å². The Morgan fingerprint density at radius 3 is 2.73 bits per heavy atom. The number of nitrogen functional groups attached to an aromatic ring is 1. The average molecular weight is 490 g/mol. The van der Waals surface area contributed by atoms with Crippen molar-refractivity contribution in [3.05, 3.63) is 94.3 Å². The van der Waals surface area contributed by atoms with Crippen molar-refractivity contribution in [3.8, 4) is 17.5 Å². The number of anilines is 1. The third kappa shape index (κ3) is 4.08. The van der Waals surface area contributed by atoms with Crippen LogP contribution >= 0.6 is 0 Å². The highest BCUT2D eigenvalue weighted by Crippen LogP contribution is 2.28. The number of nitrogens with one attached hydrogen (secondary N) is 1. The second kappa shape index (κ2) is 8.91. The Kier molecular flexibility index (Phi) is 5.42. The predicted octanol–water partition coefficient (Wildman–Crippen LogP) is 3.26. The lowest BCUT2D eigenvalue weighted by atomic mass is 10.1. The predicted molar refractivity (Wildman–Crippen MR) is 140 cm³/mol. The number of rotatable bonds is 4. The summed E-state index contributed by atoms with van der Waals surface area (Å²) in [7, 11) is 0. The first kappa shape index (κ1) is 22.5. The molecule has 6 rings (SSSR count). The molecule has 0 saturated heterocycles.